The van der Waals surface area contributed by atoms with E-state index in [0.29, 0.717) is 17.5 Å². The molecule has 1 heterocycles. The van der Waals surface area contributed by atoms with Crippen molar-refractivity contribution in [2.24, 2.45) is 0 Å². The lowest BCUT2D eigenvalue weighted by atomic mass is 9.99. The molecule has 1 aliphatic heterocycles. The van der Waals surface area contributed by atoms with Crippen LogP contribution < -0.4 is 5.32 Å². The molecule has 1 aromatic rings. The van der Waals surface area contributed by atoms with Gasteiger partial charge in [-0.3, -0.25) is 14.9 Å². The highest BCUT2D eigenvalue weighted by molar-refractivity contribution is 6.22. The van der Waals surface area contributed by atoms with Crippen LogP contribution in [0.15, 0.2) is 42.0 Å². The molecule has 0 spiro atoms. The number of fused-ring (bicyclic) bond motifs is 1. The van der Waals surface area contributed by atoms with Gasteiger partial charge in [-0.15, -0.1) is 0 Å². The zero-order valence-electron chi connectivity index (χ0n) is 11.9. The summed E-state index contributed by atoms with van der Waals surface area (Å²) in [7, 11) is 0. The lowest BCUT2D eigenvalue weighted by molar-refractivity contribution is 0.0879. The highest BCUT2D eigenvalue weighted by atomic mass is 16.2. The molecular weight excluding hydrogens is 250 g/mol. The van der Waals surface area contributed by atoms with Crippen molar-refractivity contribution < 1.29 is 9.59 Å². The van der Waals surface area contributed by atoms with Crippen LogP contribution in [0.25, 0.3) is 0 Å². The Bertz CT molecular complexity index is 597. The Labute approximate surface area is 119 Å². The van der Waals surface area contributed by atoms with E-state index < -0.39 is 0 Å². The Balaban J connectivity index is 2.20. The van der Waals surface area contributed by atoms with Gasteiger partial charge < -0.3 is 0 Å². The molecule has 2 rings (SSSR count). The molecule has 0 fully saturated rings. The van der Waals surface area contributed by atoms with E-state index in [-0.39, 0.29) is 11.8 Å². The molecule has 0 unspecified atom stereocenters. The maximum atomic E-state index is 11.8. The largest absolute Gasteiger partial charge is 0.288 e. The number of hydrogen-bond acceptors (Lipinski definition) is 2. The summed E-state index contributed by atoms with van der Waals surface area (Å²) in [4.78, 5) is 23.4. The van der Waals surface area contributed by atoms with E-state index >= 15 is 0 Å². The van der Waals surface area contributed by atoms with Crippen LogP contribution >= 0.6 is 0 Å². The summed E-state index contributed by atoms with van der Waals surface area (Å²) in [5, 5.41) is 2.34. The maximum absolute atomic E-state index is 11.8. The molecule has 3 heteroatoms. The Hall–Kier alpha value is -2.16. The second kappa shape index (κ2) is 6.33. The lowest BCUT2D eigenvalue weighted by Crippen LogP contribution is -2.20. The lowest BCUT2D eigenvalue weighted by Gasteiger charge is -2.03. The zero-order valence-corrected chi connectivity index (χ0v) is 11.9. The molecule has 1 aliphatic rings. The van der Waals surface area contributed by atoms with Crippen LogP contribution in [0, 0.1) is 0 Å². The van der Waals surface area contributed by atoms with Crippen LogP contribution in [-0.2, 0) is 6.42 Å². The van der Waals surface area contributed by atoms with E-state index in [2.05, 4.69) is 37.4 Å². The molecule has 0 atom stereocenters. The van der Waals surface area contributed by atoms with Gasteiger partial charge in [0, 0.05) is 0 Å². The smallest absolute Gasteiger partial charge is 0.259 e. The third-order valence-electron chi connectivity index (χ3n) is 3.39. The quantitative estimate of drug-likeness (QED) is 0.657. The summed E-state index contributed by atoms with van der Waals surface area (Å²) < 4.78 is 0. The van der Waals surface area contributed by atoms with Crippen molar-refractivity contribution in [3.05, 3.63) is 58.7 Å². The summed E-state index contributed by atoms with van der Waals surface area (Å²) in [6, 6.07) is 5.41. The molecule has 0 saturated heterocycles. The number of hydrogen-bond donors (Lipinski definition) is 1. The number of amides is 2. The number of allylic oxidation sites excluding steroid dienone is 4. The van der Waals surface area contributed by atoms with E-state index in [9.17, 15) is 9.59 Å². The number of carbonyl (C=O) groups is 2. The molecule has 0 radical (unpaired) electrons. The van der Waals surface area contributed by atoms with Crippen molar-refractivity contribution in [2.75, 3.05) is 0 Å². The molecule has 20 heavy (non-hydrogen) atoms. The van der Waals surface area contributed by atoms with Gasteiger partial charge in [-0.05, 0) is 30.9 Å². The van der Waals surface area contributed by atoms with Gasteiger partial charge in [-0.25, -0.2) is 0 Å². The molecular formula is C17H19NO2. The fourth-order valence-electron chi connectivity index (χ4n) is 2.39. The zero-order chi connectivity index (χ0) is 14.5. The summed E-state index contributed by atoms with van der Waals surface area (Å²) in [6.45, 7) is 4.24. The van der Waals surface area contributed by atoms with Gasteiger partial charge >= 0.3 is 0 Å². The van der Waals surface area contributed by atoms with Crippen LogP contribution in [0.1, 0.15) is 53.0 Å². The molecule has 2 amide bonds. The van der Waals surface area contributed by atoms with Gasteiger partial charge in [0.25, 0.3) is 11.8 Å². The van der Waals surface area contributed by atoms with E-state index in [1.165, 1.54) is 5.57 Å². The second-order valence-corrected chi connectivity index (χ2v) is 4.77. The maximum Gasteiger partial charge on any atom is 0.259 e. The topological polar surface area (TPSA) is 46.2 Å². The Morgan fingerprint density at radius 2 is 2.00 bits per heavy atom. The first kappa shape index (κ1) is 14.3. The molecule has 3 nitrogen and oxygen atoms in total. The normalized spacial score (nSPS) is 14.8. The van der Waals surface area contributed by atoms with Crippen LogP contribution in [-0.4, -0.2) is 11.8 Å². The summed E-state index contributed by atoms with van der Waals surface area (Å²) >= 11 is 0. The summed E-state index contributed by atoms with van der Waals surface area (Å²) in [5.74, 6) is -0.579. The van der Waals surface area contributed by atoms with Crippen molar-refractivity contribution >= 4 is 11.8 Å². The summed E-state index contributed by atoms with van der Waals surface area (Å²) in [6.07, 6.45) is 9.02. The number of imide groups is 1. The standard InChI is InChI=1S/C17H19NO2/c1-3-7-12(4-2)8-5-9-13-10-6-11-14-15(13)17(20)18-16(14)19/h5-8,10-11H,3-4,9H2,1-2H3,(H,18,19,20)/b8-5-,12-7+. The molecule has 104 valence electrons. The minimum absolute atomic E-state index is 0.284. The first-order valence-electron chi connectivity index (χ1n) is 7.00. The molecule has 0 bridgehead atoms. The van der Waals surface area contributed by atoms with Crippen molar-refractivity contribution in [1.82, 2.24) is 5.32 Å². The van der Waals surface area contributed by atoms with Crippen molar-refractivity contribution in [3.63, 3.8) is 0 Å². The molecule has 1 aromatic carbocycles. The first-order valence-corrected chi connectivity index (χ1v) is 7.00. The first-order chi connectivity index (χ1) is 9.67. The number of carbonyl (C=O) groups excluding carboxylic acids is 2. The van der Waals surface area contributed by atoms with Gasteiger partial charge in [0.05, 0.1) is 11.1 Å². The average Bonchev–Trinajstić information content (AvgIpc) is 2.74. The highest BCUT2D eigenvalue weighted by Gasteiger charge is 2.28. The highest BCUT2D eigenvalue weighted by Crippen LogP contribution is 2.21. The molecule has 0 saturated carbocycles. The fraction of sp³-hybridized carbons (Fsp3) is 0.294. The predicted molar refractivity (Wildman–Crippen MR) is 79.7 cm³/mol. The second-order valence-electron chi connectivity index (χ2n) is 4.77. The van der Waals surface area contributed by atoms with E-state index in [4.69, 9.17) is 0 Å². The van der Waals surface area contributed by atoms with Crippen LogP contribution in [0.5, 0.6) is 0 Å². The van der Waals surface area contributed by atoms with Gasteiger partial charge in [-0.1, -0.05) is 49.8 Å². The Morgan fingerprint density at radius 1 is 1.20 bits per heavy atom. The number of rotatable bonds is 5. The van der Waals surface area contributed by atoms with Crippen molar-refractivity contribution in [2.45, 2.75) is 33.1 Å². The molecule has 1 N–H and O–H groups in total. The third-order valence-corrected chi connectivity index (χ3v) is 3.39. The SMILES string of the molecule is CC/C=C(/C=C\Cc1cccc2c1C(=O)NC2=O)CC. The van der Waals surface area contributed by atoms with E-state index in [1.807, 2.05) is 12.1 Å². The monoisotopic (exact) mass is 269 g/mol. The third kappa shape index (κ3) is 2.87. The van der Waals surface area contributed by atoms with Gasteiger partial charge in [0.15, 0.2) is 0 Å². The predicted octanol–water partition coefficient (Wildman–Crippen LogP) is 3.42. The van der Waals surface area contributed by atoms with Gasteiger partial charge in [-0.2, -0.15) is 0 Å². The fourth-order valence-corrected chi connectivity index (χ4v) is 2.39. The number of nitrogens with one attached hydrogen (secondary N) is 1. The van der Waals surface area contributed by atoms with E-state index in [0.717, 1.165) is 18.4 Å². The molecule has 0 aromatic heterocycles. The minimum atomic E-state index is -0.295. The van der Waals surface area contributed by atoms with Crippen molar-refractivity contribution in [1.29, 1.82) is 0 Å². The van der Waals surface area contributed by atoms with Crippen LogP contribution in [0.3, 0.4) is 0 Å². The minimum Gasteiger partial charge on any atom is -0.288 e. The molecule has 0 aliphatic carbocycles. The Kier molecular flexibility index (Phi) is 4.51. The number of benzene rings is 1. The Morgan fingerprint density at radius 3 is 2.70 bits per heavy atom. The van der Waals surface area contributed by atoms with E-state index in [1.54, 1.807) is 6.07 Å². The van der Waals surface area contributed by atoms with Gasteiger partial charge in [0.1, 0.15) is 0 Å². The van der Waals surface area contributed by atoms with Crippen LogP contribution in [0.4, 0.5) is 0 Å². The van der Waals surface area contributed by atoms with Crippen molar-refractivity contribution in [3.8, 4) is 0 Å². The van der Waals surface area contributed by atoms with Crippen LogP contribution in [0.2, 0.25) is 0 Å². The van der Waals surface area contributed by atoms with Gasteiger partial charge in [0.2, 0.25) is 0 Å². The average molecular weight is 269 g/mol. The summed E-state index contributed by atoms with van der Waals surface area (Å²) in [5.41, 5.74) is 3.20.